The van der Waals surface area contributed by atoms with Crippen molar-refractivity contribution in [2.24, 2.45) is 0 Å². The molecule has 0 bridgehead atoms. The van der Waals surface area contributed by atoms with E-state index >= 15 is 0 Å². The maximum absolute atomic E-state index is 12.2. The summed E-state index contributed by atoms with van der Waals surface area (Å²) in [4.78, 5) is 16.9. The van der Waals surface area contributed by atoms with Crippen molar-refractivity contribution in [1.82, 2.24) is 9.97 Å². The Morgan fingerprint density at radius 2 is 1.83 bits per heavy atom. The van der Waals surface area contributed by atoms with Crippen molar-refractivity contribution in [3.8, 4) is 0 Å². The van der Waals surface area contributed by atoms with Crippen LogP contribution in [0.4, 0.5) is 13.2 Å². The van der Waals surface area contributed by atoms with E-state index in [4.69, 9.17) is 0 Å². The number of ether oxygens (including phenoxy) is 1. The maximum atomic E-state index is 12.2. The minimum absolute atomic E-state index is 0.235. The van der Waals surface area contributed by atoms with Crippen molar-refractivity contribution in [2.75, 3.05) is 7.11 Å². The molecule has 6 nitrogen and oxygen atoms in total. The van der Waals surface area contributed by atoms with Gasteiger partial charge in [-0.1, -0.05) is 0 Å². The highest BCUT2D eigenvalue weighted by atomic mass is 19.4. The molecule has 0 aliphatic carbocycles. The van der Waals surface area contributed by atoms with Crippen LogP contribution >= 0.6 is 0 Å². The average Bonchev–Trinajstić information content (AvgIpc) is 2.35. The predicted octanol–water partition coefficient (Wildman–Crippen LogP) is 0.0627. The Bertz CT molecular complexity index is 421. The minimum Gasteiger partial charge on any atom is -0.467 e. The normalized spacial score (nSPS) is 15.0. The first-order valence-electron chi connectivity index (χ1n) is 4.60. The van der Waals surface area contributed by atoms with Gasteiger partial charge in [0, 0.05) is 18.0 Å². The number of nitrogens with zero attached hydrogens (tertiary/aromatic N) is 2. The van der Waals surface area contributed by atoms with Crippen LogP contribution in [0.1, 0.15) is 17.5 Å². The number of hydrogen-bond donors (Lipinski definition) is 2. The molecule has 1 aromatic heterocycles. The Hall–Kier alpha value is -1.74. The van der Waals surface area contributed by atoms with E-state index in [1.54, 1.807) is 0 Å². The second kappa shape index (κ2) is 5.27. The fourth-order valence-electron chi connectivity index (χ4n) is 1.07. The van der Waals surface area contributed by atoms with Crippen LogP contribution in [0, 0.1) is 0 Å². The van der Waals surface area contributed by atoms with Crippen molar-refractivity contribution in [3.05, 3.63) is 23.8 Å². The highest BCUT2D eigenvalue weighted by Crippen LogP contribution is 2.26. The second-order valence-electron chi connectivity index (χ2n) is 3.25. The number of halogens is 3. The fourth-order valence-corrected chi connectivity index (χ4v) is 1.07. The summed E-state index contributed by atoms with van der Waals surface area (Å²) >= 11 is 0. The van der Waals surface area contributed by atoms with E-state index in [9.17, 15) is 28.2 Å². The molecule has 2 unspecified atom stereocenters. The number of esters is 1. The zero-order valence-electron chi connectivity index (χ0n) is 9.05. The van der Waals surface area contributed by atoms with E-state index in [-0.39, 0.29) is 5.56 Å². The summed E-state index contributed by atoms with van der Waals surface area (Å²) in [5, 5.41) is 18.7. The molecule has 0 saturated heterocycles. The quantitative estimate of drug-likeness (QED) is 0.752. The van der Waals surface area contributed by atoms with E-state index in [0.717, 1.165) is 7.11 Å². The lowest BCUT2D eigenvalue weighted by Crippen LogP contribution is -2.29. The molecule has 0 aliphatic rings. The lowest BCUT2D eigenvalue weighted by Gasteiger charge is -2.15. The van der Waals surface area contributed by atoms with Gasteiger partial charge in [-0.05, 0) is 0 Å². The third kappa shape index (κ3) is 3.14. The number of alkyl halides is 3. The van der Waals surface area contributed by atoms with E-state index in [1.165, 1.54) is 0 Å². The number of carbonyl (C=O) groups excluding carboxylic acids is 1. The fraction of sp³-hybridized carbons (Fsp3) is 0.444. The standard InChI is InChI=1S/C9H9F3N2O4/c1-18-7(17)6(16)5(15)4-2-13-8(14-3-4)9(10,11)12/h2-3,5-6,15-16H,1H3. The van der Waals surface area contributed by atoms with E-state index in [2.05, 4.69) is 14.7 Å². The molecule has 0 aromatic carbocycles. The molecule has 100 valence electrons. The summed E-state index contributed by atoms with van der Waals surface area (Å²) in [6.45, 7) is 0. The molecular formula is C9H9F3N2O4. The summed E-state index contributed by atoms with van der Waals surface area (Å²) in [5.74, 6) is -2.51. The molecule has 0 aliphatic heterocycles. The van der Waals surface area contributed by atoms with Crippen LogP contribution in [-0.2, 0) is 15.7 Å². The Morgan fingerprint density at radius 3 is 2.22 bits per heavy atom. The largest absolute Gasteiger partial charge is 0.467 e. The number of methoxy groups -OCH3 is 1. The van der Waals surface area contributed by atoms with Crippen molar-refractivity contribution in [3.63, 3.8) is 0 Å². The Labute approximate surface area is 99.1 Å². The number of aromatic nitrogens is 2. The van der Waals surface area contributed by atoms with Crippen LogP contribution in [0.3, 0.4) is 0 Å². The van der Waals surface area contributed by atoms with Crippen molar-refractivity contribution in [2.45, 2.75) is 18.4 Å². The van der Waals surface area contributed by atoms with Crippen LogP contribution in [0.5, 0.6) is 0 Å². The monoisotopic (exact) mass is 266 g/mol. The van der Waals surface area contributed by atoms with Crippen molar-refractivity contribution >= 4 is 5.97 Å². The molecule has 9 heteroatoms. The topological polar surface area (TPSA) is 92.5 Å². The number of aliphatic hydroxyl groups is 2. The molecule has 0 fully saturated rings. The van der Waals surface area contributed by atoms with Gasteiger partial charge in [-0.25, -0.2) is 14.8 Å². The predicted molar refractivity (Wildman–Crippen MR) is 50.0 cm³/mol. The van der Waals surface area contributed by atoms with Crippen LogP contribution in [0.25, 0.3) is 0 Å². The van der Waals surface area contributed by atoms with E-state index in [0.29, 0.717) is 12.4 Å². The summed E-state index contributed by atoms with van der Waals surface area (Å²) in [6.07, 6.45) is -7.04. The molecule has 18 heavy (non-hydrogen) atoms. The second-order valence-corrected chi connectivity index (χ2v) is 3.25. The maximum Gasteiger partial charge on any atom is 0.451 e. The van der Waals surface area contributed by atoms with Crippen LogP contribution in [0.15, 0.2) is 12.4 Å². The molecule has 2 N–H and O–H groups in total. The van der Waals surface area contributed by atoms with Crippen LogP contribution in [-0.4, -0.2) is 39.4 Å². The number of aliphatic hydroxyl groups excluding tert-OH is 2. The zero-order valence-corrected chi connectivity index (χ0v) is 9.05. The Morgan fingerprint density at radius 1 is 1.33 bits per heavy atom. The number of carbonyl (C=O) groups is 1. The van der Waals surface area contributed by atoms with E-state index in [1.807, 2.05) is 0 Å². The number of hydrogen-bond acceptors (Lipinski definition) is 6. The van der Waals surface area contributed by atoms with Gasteiger partial charge in [0.2, 0.25) is 5.82 Å². The van der Waals surface area contributed by atoms with Crippen LogP contribution in [0.2, 0.25) is 0 Å². The zero-order chi connectivity index (χ0) is 13.9. The highest BCUT2D eigenvalue weighted by molar-refractivity contribution is 5.75. The molecule has 2 atom stereocenters. The molecule has 1 heterocycles. The third-order valence-corrected chi connectivity index (χ3v) is 2.01. The van der Waals surface area contributed by atoms with Gasteiger partial charge >= 0.3 is 12.1 Å². The third-order valence-electron chi connectivity index (χ3n) is 2.01. The van der Waals surface area contributed by atoms with Gasteiger partial charge in [-0.2, -0.15) is 13.2 Å². The van der Waals surface area contributed by atoms with Gasteiger partial charge in [0.15, 0.2) is 6.10 Å². The summed E-state index contributed by atoms with van der Waals surface area (Å²) in [6, 6.07) is 0. The molecule has 1 rings (SSSR count). The average molecular weight is 266 g/mol. The summed E-state index contributed by atoms with van der Waals surface area (Å²) < 4.78 is 40.6. The summed E-state index contributed by atoms with van der Waals surface area (Å²) in [7, 11) is 0.988. The van der Waals surface area contributed by atoms with Gasteiger partial charge < -0.3 is 14.9 Å². The molecule has 0 radical (unpaired) electrons. The van der Waals surface area contributed by atoms with Crippen LogP contribution < -0.4 is 0 Å². The first kappa shape index (κ1) is 14.3. The minimum atomic E-state index is -4.70. The first-order valence-corrected chi connectivity index (χ1v) is 4.60. The van der Waals surface area contributed by atoms with Crippen molar-refractivity contribution < 1.29 is 32.9 Å². The SMILES string of the molecule is COC(=O)C(O)C(O)c1cnc(C(F)(F)F)nc1. The molecule has 0 spiro atoms. The molecular weight excluding hydrogens is 257 g/mol. The molecule has 0 amide bonds. The molecule has 0 saturated carbocycles. The van der Waals surface area contributed by atoms with E-state index < -0.39 is 30.2 Å². The summed E-state index contributed by atoms with van der Waals surface area (Å²) in [5.41, 5.74) is -0.235. The number of rotatable bonds is 3. The Balaban J connectivity index is 2.89. The van der Waals surface area contributed by atoms with Gasteiger partial charge in [0.05, 0.1) is 7.11 Å². The smallest absolute Gasteiger partial charge is 0.451 e. The Kier molecular flexibility index (Phi) is 4.19. The lowest BCUT2D eigenvalue weighted by molar-refractivity contribution is -0.157. The molecule has 1 aromatic rings. The van der Waals surface area contributed by atoms with Gasteiger partial charge in [0.25, 0.3) is 0 Å². The van der Waals surface area contributed by atoms with Crippen molar-refractivity contribution in [1.29, 1.82) is 0 Å². The highest BCUT2D eigenvalue weighted by Gasteiger charge is 2.35. The van der Waals surface area contributed by atoms with Gasteiger partial charge in [0.1, 0.15) is 6.10 Å². The van der Waals surface area contributed by atoms with Gasteiger partial charge in [-0.15, -0.1) is 0 Å². The lowest BCUT2D eigenvalue weighted by atomic mass is 10.1. The first-order chi connectivity index (χ1) is 8.27. The van der Waals surface area contributed by atoms with Gasteiger partial charge in [-0.3, -0.25) is 0 Å².